The Hall–Kier alpha value is -1.35. The van der Waals surface area contributed by atoms with Gasteiger partial charge < -0.3 is 0 Å². The number of nitrogens with two attached hydrogens (primary N) is 1. The Morgan fingerprint density at radius 3 is 2.62 bits per heavy atom. The van der Waals surface area contributed by atoms with Crippen molar-refractivity contribution in [1.29, 1.82) is 5.26 Å². The first-order valence-corrected chi connectivity index (χ1v) is 1.63. The van der Waals surface area contributed by atoms with Crippen LogP contribution in [0.1, 0.15) is 0 Å². The van der Waals surface area contributed by atoms with Gasteiger partial charge in [0, 0.05) is 0 Å². The average molecular weight is 117 g/mol. The van der Waals surface area contributed by atoms with Crippen LogP contribution in [0.3, 0.4) is 0 Å². The van der Waals surface area contributed by atoms with E-state index >= 15 is 0 Å². The van der Waals surface area contributed by atoms with E-state index in [1.165, 1.54) is 6.07 Å². The van der Waals surface area contributed by atoms with E-state index in [0.717, 1.165) is 0 Å². The van der Waals surface area contributed by atoms with Gasteiger partial charge in [-0.05, 0) is 0 Å². The SMILES string of the molecule is N#CC(N)O[N+](=O)[O-]. The molecule has 0 aromatic rings. The minimum absolute atomic E-state index is 1.12. The van der Waals surface area contributed by atoms with Crippen LogP contribution >= 0.6 is 0 Å². The summed E-state index contributed by atoms with van der Waals surface area (Å²) in [7, 11) is 0. The Morgan fingerprint density at radius 2 is 2.50 bits per heavy atom. The quantitative estimate of drug-likeness (QED) is 0.284. The monoisotopic (exact) mass is 117 g/mol. The highest BCUT2D eigenvalue weighted by Gasteiger charge is 2.02. The lowest BCUT2D eigenvalue weighted by atomic mass is 10.7. The van der Waals surface area contributed by atoms with E-state index in [4.69, 9.17) is 5.26 Å². The highest BCUT2D eigenvalue weighted by Crippen LogP contribution is 1.77. The van der Waals surface area contributed by atoms with Gasteiger partial charge in [0.05, 0.1) is 0 Å². The van der Waals surface area contributed by atoms with Crippen molar-refractivity contribution in [1.82, 2.24) is 0 Å². The molecule has 1 atom stereocenters. The van der Waals surface area contributed by atoms with Crippen LogP contribution in [0.4, 0.5) is 0 Å². The molecule has 0 heterocycles. The third kappa shape index (κ3) is 2.87. The molecule has 2 N–H and O–H groups in total. The minimum atomic E-state index is -1.47. The Bertz CT molecular complexity index is 127. The second-order valence-electron chi connectivity index (χ2n) is 0.879. The van der Waals surface area contributed by atoms with Gasteiger partial charge in [-0.2, -0.15) is 5.26 Å². The summed E-state index contributed by atoms with van der Waals surface area (Å²) >= 11 is 0. The number of hydrogen-bond donors (Lipinski definition) is 1. The van der Waals surface area contributed by atoms with E-state index in [0.29, 0.717) is 0 Å². The molecule has 44 valence electrons. The van der Waals surface area contributed by atoms with Gasteiger partial charge in [-0.1, -0.05) is 0 Å². The molecule has 6 nitrogen and oxygen atoms in total. The number of hydrogen-bond acceptors (Lipinski definition) is 5. The van der Waals surface area contributed by atoms with Crippen LogP contribution in [0.5, 0.6) is 0 Å². The van der Waals surface area contributed by atoms with Crippen molar-refractivity contribution in [3.05, 3.63) is 10.1 Å². The molecule has 0 bridgehead atoms. The summed E-state index contributed by atoms with van der Waals surface area (Å²) in [6, 6.07) is 1.31. The van der Waals surface area contributed by atoms with E-state index in [2.05, 4.69) is 10.6 Å². The first-order chi connectivity index (χ1) is 3.66. The molecule has 0 aliphatic heterocycles. The van der Waals surface area contributed by atoms with Crippen molar-refractivity contribution in [2.45, 2.75) is 6.23 Å². The zero-order chi connectivity index (χ0) is 6.57. The molecule has 0 aliphatic rings. The number of nitriles is 1. The topological polar surface area (TPSA) is 102 Å². The van der Waals surface area contributed by atoms with Gasteiger partial charge in [0.15, 0.2) is 0 Å². The molecule has 0 saturated heterocycles. The summed E-state index contributed by atoms with van der Waals surface area (Å²) in [6.07, 6.45) is -1.47. The van der Waals surface area contributed by atoms with Gasteiger partial charge >= 0.3 is 0 Å². The third-order valence-corrected chi connectivity index (χ3v) is 0.327. The lowest BCUT2D eigenvalue weighted by molar-refractivity contribution is -0.764. The Labute approximate surface area is 44.6 Å². The van der Waals surface area contributed by atoms with Crippen molar-refractivity contribution in [3.8, 4) is 6.07 Å². The summed E-state index contributed by atoms with van der Waals surface area (Å²) < 4.78 is 0. The smallest absolute Gasteiger partial charge is 0.294 e. The Balaban J connectivity index is 3.43. The molecule has 8 heavy (non-hydrogen) atoms. The summed E-state index contributed by atoms with van der Waals surface area (Å²) in [5, 5.41) is 16.0. The normalized spacial score (nSPS) is 11.5. The number of nitrogens with zero attached hydrogens (tertiary/aromatic N) is 2. The van der Waals surface area contributed by atoms with Crippen LogP contribution in [0.25, 0.3) is 0 Å². The zero-order valence-electron chi connectivity index (χ0n) is 3.77. The van der Waals surface area contributed by atoms with E-state index in [9.17, 15) is 10.1 Å². The number of rotatable bonds is 2. The minimum Gasteiger partial charge on any atom is -0.294 e. The zero-order valence-corrected chi connectivity index (χ0v) is 3.77. The molecule has 6 heteroatoms. The third-order valence-electron chi connectivity index (χ3n) is 0.327. The lowest BCUT2D eigenvalue weighted by Gasteiger charge is -1.94. The standard InChI is InChI=1S/C2H3N3O3/c3-1-2(4)8-5(6)7/h2H,4H2. The molecule has 0 radical (unpaired) electrons. The second kappa shape index (κ2) is 2.76. The van der Waals surface area contributed by atoms with Crippen molar-refractivity contribution < 1.29 is 9.92 Å². The molecule has 0 aromatic heterocycles. The van der Waals surface area contributed by atoms with Gasteiger partial charge in [-0.25, -0.2) is 0 Å². The predicted octanol–water partition coefficient (Wildman–Crippen LogP) is -0.997. The van der Waals surface area contributed by atoms with Crippen molar-refractivity contribution in [2.24, 2.45) is 5.73 Å². The molecule has 0 aliphatic carbocycles. The van der Waals surface area contributed by atoms with Gasteiger partial charge in [-0.3, -0.25) is 10.6 Å². The maximum absolute atomic E-state index is 9.32. The van der Waals surface area contributed by atoms with Gasteiger partial charge in [-0.15, -0.1) is 10.1 Å². The van der Waals surface area contributed by atoms with Crippen LogP contribution < -0.4 is 5.73 Å². The Morgan fingerprint density at radius 1 is 2.00 bits per heavy atom. The van der Waals surface area contributed by atoms with Crippen molar-refractivity contribution >= 4 is 0 Å². The van der Waals surface area contributed by atoms with Crippen LogP contribution in [-0.2, 0) is 4.84 Å². The first-order valence-electron chi connectivity index (χ1n) is 1.63. The van der Waals surface area contributed by atoms with E-state index in [-0.39, 0.29) is 0 Å². The van der Waals surface area contributed by atoms with E-state index < -0.39 is 11.3 Å². The average Bonchev–Trinajstić information content (AvgIpc) is 1.65. The van der Waals surface area contributed by atoms with Gasteiger partial charge in [0.25, 0.3) is 5.09 Å². The molecular weight excluding hydrogens is 114 g/mol. The summed E-state index contributed by atoms with van der Waals surface area (Å²) in [6.45, 7) is 0. The molecular formula is C2H3N3O3. The predicted molar refractivity (Wildman–Crippen MR) is 21.7 cm³/mol. The highest BCUT2D eigenvalue weighted by atomic mass is 17.0. The van der Waals surface area contributed by atoms with Crippen LogP contribution in [0.2, 0.25) is 0 Å². The summed E-state index contributed by atoms with van der Waals surface area (Å²) in [4.78, 5) is 12.9. The van der Waals surface area contributed by atoms with E-state index in [1.807, 2.05) is 0 Å². The van der Waals surface area contributed by atoms with Gasteiger partial charge in [0.2, 0.25) is 6.23 Å². The second-order valence-corrected chi connectivity index (χ2v) is 0.879. The Kier molecular flexibility index (Phi) is 2.30. The fourth-order valence-corrected chi connectivity index (χ4v) is 0.116. The highest BCUT2D eigenvalue weighted by molar-refractivity contribution is 4.75. The molecule has 0 rings (SSSR count). The van der Waals surface area contributed by atoms with Crippen LogP contribution in [0.15, 0.2) is 0 Å². The maximum Gasteiger partial charge on any atom is 0.297 e. The maximum atomic E-state index is 9.32. The molecule has 0 fully saturated rings. The molecule has 0 amide bonds. The van der Waals surface area contributed by atoms with Gasteiger partial charge in [0.1, 0.15) is 6.07 Å². The molecule has 0 saturated carbocycles. The molecule has 0 aromatic carbocycles. The fraction of sp³-hybridized carbons (Fsp3) is 0.500. The molecule has 0 spiro atoms. The van der Waals surface area contributed by atoms with Crippen LogP contribution in [0, 0.1) is 21.4 Å². The fourth-order valence-electron chi connectivity index (χ4n) is 0.116. The molecule has 1 unspecified atom stereocenters. The van der Waals surface area contributed by atoms with Crippen molar-refractivity contribution in [3.63, 3.8) is 0 Å². The lowest BCUT2D eigenvalue weighted by Crippen LogP contribution is -2.24. The largest absolute Gasteiger partial charge is 0.297 e. The van der Waals surface area contributed by atoms with Crippen molar-refractivity contribution in [2.75, 3.05) is 0 Å². The summed E-state index contributed by atoms with van der Waals surface area (Å²) in [5.74, 6) is 0. The first kappa shape index (κ1) is 6.65. The van der Waals surface area contributed by atoms with Crippen LogP contribution in [-0.4, -0.2) is 11.3 Å². The summed E-state index contributed by atoms with van der Waals surface area (Å²) in [5.41, 5.74) is 4.65. The van der Waals surface area contributed by atoms with E-state index in [1.54, 1.807) is 0 Å².